The molecule has 1 aromatic carbocycles. The first-order valence-electron chi connectivity index (χ1n) is 5.19. The fourth-order valence-electron chi connectivity index (χ4n) is 1.28. The first kappa shape index (κ1) is 16.2. The molecule has 0 aliphatic heterocycles. The summed E-state index contributed by atoms with van der Waals surface area (Å²) in [4.78, 5) is -0.511. The number of alkyl halides is 3. The molecule has 0 aliphatic carbocycles. The van der Waals surface area contributed by atoms with Gasteiger partial charge in [-0.15, -0.1) is 0 Å². The predicted octanol–water partition coefficient (Wildman–Crippen LogP) is 1.86. The molecule has 1 aromatic rings. The van der Waals surface area contributed by atoms with Crippen LogP contribution in [-0.4, -0.2) is 28.6 Å². The number of likely N-dealkylation sites (N-methyl/N-ethyl adjacent to an activating group) is 1. The molecule has 108 valence electrons. The standard InChI is InChI=1S/C10H12ClF3N2O2S/c1-15-2-3-16-19(17,18)9-5-7(10(12,13)14)4-8(11)6-9/h4-6,15-16H,2-3H2,1H3. The quantitative estimate of drug-likeness (QED) is 0.815. The molecule has 0 saturated carbocycles. The molecular weight excluding hydrogens is 305 g/mol. The van der Waals surface area contributed by atoms with Gasteiger partial charge in [0, 0.05) is 18.1 Å². The third-order valence-electron chi connectivity index (χ3n) is 2.18. The Kier molecular flexibility index (Phi) is 5.19. The number of hydrogen-bond donors (Lipinski definition) is 2. The Hall–Kier alpha value is -0.830. The van der Waals surface area contributed by atoms with Crippen LogP contribution in [0.15, 0.2) is 23.1 Å². The second kappa shape index (κ2) is 6.08. The summed E-state index contributed by atoms with van der Waals surface area (Å²) in [5.41, 5.74) is -1.10. The van der Waals surface area contributed by atoms with Gasteiger partial charge in [0.15, 0.2) is 0 Å². The van der Waals surface area contributed by atoms with Gasteiger partial charge in [-0.1, -0.05) is 11.6 Å². The number of halogens is 4. The first-order chi connectivity index (χ1) is 8.66. The summed E-state index contributed by atoms with van der Waals surface area (Å²) < 4.78 is 63.4. The molecule has 4 nitrogen and oxygen atoms in total. The van der Waals surface area contributed by atoms with E-state index >= 15 is 0 Å². The molecule has 0 spiro atoms. The van der Waals surface area contributed by atoms with Gasteiger partial charge in [-0.25, -0.2) is 13.1 Å². The average molecular weight is 317 g/mol. The molecule has 0 amide bonds. The summed E-state index contributed by atoms with van der Waals surface area (Å²) in [5.74, 6) is 0. The fraction of sp³-hybridized carbons (Fsp3) is 0.400. The fourth-order valence-corrected chi connectivity index (χ4v) is 2.68. The van der Waals surface area contributed by atoms with Crippen molar-refractivity contribution in [2.45, 2.75) is 11.1 Å². The van der Waals surface area contributed by atoms with Crippen molar-refractivity contribution in [2.75, 3.05) is 20.1 Å². The maximum absolute atomic E-state index is 12.6. The molecule has 0 radical (unpaired) electrons. The summed E-state index contributed by atoms with van der Waals surface area (Å²) in [6, 6.07) is 2.19. The van der Waals surface area contributed by atoms with E-state index in [1.54, 1.807) is 7.05 Å². The van der Waals surface area contributed by atoms with Crippen molar-refractivity contribution in [3.63, 3.8) is 0 Å². The minimum absolute atomic E-state index is 0.0622. The SMILES string of the molecule is CNCCNS(=O)(=O)c1cc(Cl)cc(C(F)(F)F)c1. The number of rotatable bonds is 5. The summed E-state index contributed by atoms with van der Waals surface area (Å²) >= 11 is 5.52. The maximum atomic E-state index is 12.6. The monoisotopic (exact) mass is 316 g/mol. The molecule has 0 aromatic heterocycles. The van der Waals surface area contributed by atoms with E-state index < -0.39 is 26.7 Å². The van der Waals surface area contributed by atoms with Crippen molar-refractivity contribution in [3.05, 3.63) is 28.8 Å². The van der Waals surface area contributed by atoms with Gasteiger partial charge in [0.2, 0.25) is 10.0 Å². The Balaban J connectivity index is 3.10. The van der Waals surface area contributed by atoms with E-state index in [0.717, 1.165) is 6.07 Å². The van der Waals surface area contributed by atoms with Crippen molar-refractivity contribution in [1.82, 2.24) is 10.0 Å². The van der Waals surface area contributed by atoms with Crippen molar-refractivity contribution in [3.8, 4) is 0 Å². The van der Waals surface area contributed by atoms with Gasteiger partial charge in [0.1, 0.15) is 0 Å². The van der Waals surface area contributed by atoms with Crippen LogP contribution in [0.5, 0.6) is 0 Å². The topological polar surface area (TPSA) is 58.2 Å². The lowest BCUT2D eigenvalue weighted by atomic mass is 10.2. The Morgan fingerprint density at radius 1 is 1.21 bits per heavy atom. The van der Waals surface area contributed by atoms with Gasteiger partial charge < -0.3 is 5.32 Å². The van der Waals surface area contributed by atoms with Crippen molar-refractivity contribution >= 4 is 21.6 Å². The summed E-state index contributed by atoms with van der Waals surface area (Å²) in [6.45, 7) is 0.415. The summed E-state index contributed by atoms with van der Waals surface area (Å²) in [5, 5.41) is 2.42. The van der Waals surface area contributed by atoms with E-state index in [-0.39, 0.29) is 11.6 Å². The maximum Gasteiger partial charge on any atom is 0.416 e. The molecule has 0 heterocycles. The molecule has 0 bridgehead atoms. The van der Waals surface area contributed by atoms with Gasteiger partial charge in [-0.3, -0.25) is 0 Å². The Morgan fingerprint density at radius 3 is 2.37 bits per heavy atom. The van der Waals surface area contributed by atoms with Gasteiger partial charge in [0.05, 0.1) is 10.5 Å². The minimum Gasteiger partial charge on any atom is -0.318 e. The molecule has 0 atom stereocenters. The number of benzene rings is 1. The highest BCUT2D eigenvalue weighted by atomic mass is 35.5. The Labute approximate surface area is 114 Å². The Morgan fingerprint density at radius 2 is 1.84 bits per heavy atom. The van der Waals surface area contributed by atoms with Crippen molar-refractivity contribution in [2.24, 2.45) is 0 Å². The van der Waals surface area contributed by atoms with E-state index in [9.17, 15) is 21.6 Å². The lowest BCUT2D eigenvalue weighted by Crippen LogP contribution is -2.30. The van der Waals surface area contributed by atoms with Crippen LogP contribution >= 0.6 is 11.6 Å². The van der Waals surface area contributed by atoms with Crippen LogP contribution in [0, 0.1) is 0 Å². The largest absolute Gasteiger partial charge is 0.416 e. The highest BCUT2D eigenvalue weighted by Gasteiger charge is 2.32. The third kappa shape index (κ3) is 4.64. The molecular formula is C10H12ClF3N2O2S. The zero-order chi connectivity index (χ0) is 14.7. The minimum atomic E-state index is -4.65. The normalized spacial score (nSPS) is 12.7. The molecule has 2 N–H and O–H groups in total. The van der Waals surface area contributed by atoms with Crippen LogP contribution in [0.4, 0.5) is 13.2 Å². The molecule has 0 fully saturated rings. The van der Waals surface area contributed by atoms with Crippen LogP contribution in [0.2, 0.25) is 5.02 Å². The highest BCUT2D eigenvalue weighted by molar-refractivity contribution is 7.89. The van der Waals surface area contributed by atoms with Crippen LogP contribution in [0.1, 0.15) is 5.56 Å². The van der Waals surface area contributed by atoms with Crippen molar-refractivity contribution < 1.29 is 21.6 Å². The predicted molar refractivity (Wildman–Crippen MR) is 65.6 cm³/mol. The highest BCUT2D eigenvalue weighted by Crippen LogP contribution is 2.32. The average Bonchev–Trinajstić information content (AvgIpc) is 2.27. The number of sulfonamides is 1. The van der Waals surface area contributed by atoms with E-state index in [1.165, 1.54) is 0 Å². The van der Waals surface area contributed by atoms with Gasteiger partial charge in [-0.05, 0) is 25.2 Å². The first-order valence-corrected chi connectivity index (χ1v) is 7.05. The number of nitrogens with one attached hydrogen (secondary N) is 2. The third-order valence-corrected chi connectivity index (χ3v) is 3.83. The second-order valence-electron chi connectivity index (χ2n) is 3.67. The van der Waals surface area contributed by atoms with Crippen molar-refractivity contribution in [1.29, 1.82) is 0 Å². The van der Waals surface area contributed by atoms with Crippen LogP contribution < -0.4 is 10.0 Å². The van der Waals surface area contributed by atoms with E-state index in [1.807, 2.05) is 0 Å². The van der Waals surface area contributed by atoms with Crippen LogP contribution in [0.25, 0.3) is 0 Å². The molecule has 0 aliphatic rings. The van der Waals surface area contributed by atoms with Crippen LogP contribution in [-0.2, 0) is 16.2 Å². The molecule has 0 unspecified atom stereocenters. The summed E-state index contributed by atoms with van der Waals surface area (Å²) in [6.07, 6.45) is -4.65. The lowest BCUT2D eigenvalue weighted by Gasteiger charge is -2.11. The zero-order valence-electron chi connectivity index (χ0n) is 9.88. The smallest absolute Gasteiger partial charge is 0.318 e. The van der Waals surface area contributed by atoms with E-state index in [4.69, 9.17) is 11.6 Å². The summed E-state index contributed by atoms with van der Waals surface area (Å²) in [7, 11) is -2.39. The van der Waals surface area contributed by atoms with E-state index in [0.29, 0.717) is 18.7 Å². The molecule has 0 saturated heterocycles. The van der Waals surface area contributed by atoms with Crippen LogP contribution in [0.3, 0.4) is 0 Å². The van der Waals surface area contributed by atoms with Gasteiger partial charge in [0.25, 0.3) is 0 Å². The van der Waals surface area contributed by atoms with Gasteiger partial charge >= 0.3 is 6.18 Å². The number of hydrogen-bond acceptors (Lipinski definition) is 3. The van der Waals surface area contributed by atoms with Gasteiger partial charge in [-0.2, -0.15) is 13.2 Å². The zero-order valence-corrected chi connectivity index (χ0v) is 11.5. The van der Waals surface area contributed by atoms with E-state index in [2.05, 4.69) is 10.0 Å². The molecule has 9 heteroatoms. The molecule has 19 heavy (non-hydrogen) atoms. The second-order valence-corrected chi connectivity index (χ2v) is 5.88. The molecule has 1 rings (SSSR count). The lowest BCUT2D eigenvalue weighted by molar-refractivity contribution is -0.137. The Bertz CT molecular complexity index is 546.